The Morgan fingerprint density at radius 3 is 3.06 bits per heavy atom. The molecule has 1 N–H and O–H groups in total. The summed E-state index contributed by atoms with van der Waals surface area (Å²) in [6, 6.07) is 6.77. The highest BCUT2D eigenvalue weighted by molar-refractivity contribution is 9.10. The van der Waals surface area contributed by atoms with E-state index in [0.29, 0.717) is 6.04 Å². The zero-order chi connectivity index (χ0) is 13.0. The number of halogens is 2. The molecule has 4 heteroatoms. The van der Waals surface area contributed by atoms with Gasteiger partial charge in [0.1, 0.15) is 0 Å². The van der Waals surface area contributed by atoms with E-state index in [1.54, 1.807) is 0 Å². The molecule has 1 fully saturated rings. The second-order valence-electron chi connectivity index (χ2n) is 4.88. The summed E-state index contributed by atoms with van der Waals surface area (Å²) in [6.07, 6.45) is 2.40. The van der Waals surface area contributed by atoms with Gasteiger partial charge < -0.3 is 5.32 Å². The Bertz CT molecular complexity index is 397. The van der Waals surface area contributed by atoms with Crippen LogP contribution in [0.2, 0.25) is 5.02 Å². The summed E-state index contributed by atoms with van der Waals surface area (Å²) in [7, 11) is 0. The molecular weight excluding hydrogens is 312 g/mol. The first-order valence-electron chi connectivity index (χ1n) is 6.58. The smallest absolute Gasteiger partial charge is 0.0462 e. The van der Waals surface area contributed by atoms with Crippen molar-refractivity contribution >= 4 is 27.5 Å². The number of benzene rings is 1. The Morgan fingerprint density at radius 1 is 1.50 bits per heavy atom. The van der Waals surface area contributed by atoms with Gasteiger partial charge in [-0.2, -0.15) is 0 Å². The lowest BCUT2D eigenvalue weighted by Gasteiger charge is -2.24. The second kappa shape index (κ2) is 6.90. The van der Waals surface area contributed by atoms with Gasteiger partial charge in [0.05, 0.1) is 0 Å². The van der Waals surface area contributed by atoms with Crippen molar-refractivity contribution in [3.05, 3.63) is 33.3 Å². The Labute approximate surface area is 123 Å². The van der Waals surface area contributed by atoms with Gasteiger partial charge in [-0.3, -0.25) is 4.90 Å². The number of hydrogen-bond acceptors (Lipinski definition) is 2. The minimum absolute atomic E-state index is 0.613. The summed E-state index contributed by atoms with van der Waals surface area (Å²) >= 11 is 9.73. The number of nitrogens with zero attached hydrogens (tertiary/aromatic N) is 1. The van der Waals surface area contributed by atoms with Crippen molar-refractivity contribution < 1.29 is 0 Å². The van der Waals surface area contributed by atoms with Gasteiger partial charge in [0, 0.05) is 28.6 Å². The minimum Gasteiger partial charge on any atom is -0.313 e. The van der Waals surface area contributed by atoms with E-state index in [4.69, 9.17) is 11.6 Å². The molecule has 0 spiro atoms. The fraction of sp³-hybridized carbons (Fsp3) is 0.571. The molecule has 1 aliphatic heterocycles. The first-order valence-corrected chi connectivity index (χ1v) is 7.76. The van der Waals surface area contributed by atoms with Crippen molar-refractivity contribution in [2.75, 3.05) is 19.6 Å². The van der Waals surface area contributed by atoms with Gasteiger partial charge in [-0.25, -0.2) is 0 Å². The highest BCUT2D eigenvalue weighted by atomic mass is 79.9. The molecule has 1 aliphatic rings. The number of hydrogen-bond donors (Lipinski definition) is 1. The summed E-state index contributed by atoms with van der Waals surface area (Å²) in [6.45, 7) is 6.58. The molecule has 1 saturated heterocycles. The summed E-state index contributed by atoms with van der Waals surface area (Å²) in [4.78, 5) is 2.50. The molecular formula is C14H20BrClN2. The van der Waals surface area contributed by atoms with Crippen molar-refractivity contribution in [1.82, 2.24) is 10.2 Å². The third-order valence-electron chi connectivity index (χ3n) is 3.46. The van der Waals surface area contributed by atoms with Crippen molar-refractivity contribution in [2.45, 2.75) is 32.4 Å². The maximum atomic E-state index is 6.29. The first kappa shape index (κ1) is 14.3. The molecule has 1 aromatic carbocycles. The molecule has 2 rings (SSSR count). The third-order valence-corrected chi connectivity index (χ3v) is 4.31. The summed E-state index contributed by atoms with van der Waals surface area (Å²) in [5.41, 5.74) is 1.22. The molecule has 0 amide bonds. The molecule has 1 atom stereocenters. The molecule has 0 aromatic heterocycles. The van der Waals surface area contributed by atoms with E-state index in [-0.39, 0.29) is 0 Å². The number of nitrogens with one attached hydrogen (secondary N) is 1. The van der Waals surface area contributed by atoms with Gasteiger partial charge in [-0.05, 0) is 43.6 Å². The van der Waals surface area contributed by atoms with Crippen LogP contribution in [0.4, 0.5) is 0 Å². The Morgan fingerprint density at radius 2 is 2.33 bits per heavy atom. The van der Waals surface area contributed by atoms with Gasteiger partial charge in [-0.1, -0.05) is 40.5 Å². The SMILES string of the molecule is CCC1CN(Cc2ccc(Br)cc2Cl)CCCN1. The fourth-order valence-corrected chi connectivity index (χ4v) is 3.12. The van der Waals surface area contributed by atoms with Crippen molar-refractivity contribution in [1.29, 1.82) is 0 Å². The van der Waals surface area contributed by atoms with E-state index in [9.17, 15) is 0 Å². The van der Waals surface area contributed by atoms with Crippen LogP contribution in [0.5, 0.6) is 0 Å². The lowest BCUT2D eigenvalue weighted by Crippen LogP contribution is -2.36. The molecule has 1 aromatic rings. The van der Waals surface area contributed by atoms with Crippen LogP contribution in [-0.2, 0) is 6.54 Å². The highest BCUT2D eigenvalue weighted by Crippen LogP contribution is 2.23. The van der Waals surface area contributed by atoms with Crippen LogP contribution in [0, 0.1) is 0 Å². The second-order valence-corrected chi connectivity index (χ2v) is 6.21. The monoisotopic (exact) mass is 330 g/mol. The predicted octanol–water partition coefficient (Wildman–Crippen LogP) is 3.68. The van der Waals surface area contributed by atoms with Crippen LogP contribution in [0.1, 0.15) is 25.3 Å². The lowest BCUT2D eigenvalue weighted by molar-refractivity contribution is 0.257. The zero-order valence-electron chi connectivity index (χ0n) is 10.8. The van der Waals surface area contributed by atoms with Crippen LogP contribution in [0.15, 0.2) is 22.7 Å². The van der Waals surface area contributed by atoms with Gasteiger partial charge in [-0.15, -0.1) is 0 Å². The molecule has 1 heterocycles. The van der Waals surface area contributed by atoms with E-state index in [0.717, 1.165) is 35.7 Å². The van der Waals surface area contributed by atoms with Crippen LogP contribution in [0.3, 0.4) is 0 Å². The fourth-order valence-electron chi connectivity index (χ4n) is 2.38. The third kappa shape index (κ3) is 3.95. The van der Waals surface area contributed by atoms with E-state index in [2.05, 4.69) is 45.2 Å². The molecule has 0 aliphatic carbocycles. The Balaban J connectivity index is 2.02. The van der Waals surface area contributed by atoms with E-state index < -0.39 is 0 Å². The molecule has 0 saturated carbocycles. The van der Waals surface area contributed by atoms with Gasteiger partial charge >= 0.3 is 0 Å². The summed E-state index contributed by atoms with van der Waals surface area (Å²) < 4.78 is 1.04. The maximum absolute atomic E-state index is 6.29. The molecule has 100 valence electrons. The van der Waals surface area contributed by atoms with Crippen LogP contribution in [-0.4, -0.2) is 30.6 Å². The average Bonchev–Trinajstić information content (AvgIpc) is 2.58. The lowest BCUT2D eigenvalue weighted by atomic mass is 10.2. The number of rotatable bonds is 3. The summed E-state index contributed by atoms with van der Waals surface area (Å²) in [5, 5.41) is 4.44. The van der Waals surface area contributed by atoms with Gasteiger partial charge in [0.25, 0.3) is 0 Å². The van der Waals surface area contributed by atoms with Crippen LogP contribution in [0.25, 0.3) is 0 Å². The van der Waals surface area contributed by atoms with E-state index in [1.165, 1.54) is 18.4 Å². The molecule has 0 bridgehead atoms. The Kier molecular flexibility index (Phi) is 5.49. The normalized spacial score (nSPS) is 21.8. The maximum Gasteiger partial charge on any atom is 0.0462 e. The topological polar surface area (TPSA) is 15.3 Å². The predicted molar refractivity (Wildman–Crippen MR) is 81.1 cm³/mol. The molecule has 2 nitrogen and oxygen atoms in total. The first-order chi connectivity index (χ1) is 8.69. The van der Waals surface area contributed by atoms with Crippen molar-refractivity contribution in [2.24, 2.45) is 0 Å². The van der Waals surface area contributed by atoms with Gasteiger partial charge in [0.15, 0.2) is 0 Å². The molecule has 1 unspecified atom stereocenters. The largest absolute Gasteiger partial charge is 0.313 e. The van der Waals surface area contributed by atoms with E-state index in [1.807, 2.05) is 6.07 Å². The van der Waals surface area contributed by atoms with E-state index >= 15 is 0 Å². The standard InChI is InChI=1S/C14H20BrClN2/c1-2-13-10-18(7-3-6-17-13)9-11-4-5-12(15)8-14(11)16/h4-5,8,13,17H,2-3,6-7,9-10H2,1H3. The highest BCUT2D eigenvalue weighted by Gasteiger charge is 2.17. The van der Waals surface area contributed by atoms with Crippen molar-refractivity contribution in [3.63, 3.8) is 0 Å². The van der Waals surface area contributed by atoms with Gasteiger partial charge in [0.2, 0.25) is 0 Å². The minimum atomic E-state index is 0.613. The molecule has 0 radical (unpaired) electrons. The van der Waals surface area contributed by atoms with Crippen LogP contribution >= 0.6 is 27.5 Å². The zero-order valence-corrected chi connectivity index (χ0v) is 13.1. The Hall–Kier alpha value is -0.0900. The van der Waals surface area contributed by atoms with Crippen LogP contribution < -0.4 is 5.32 Å². The quantitative estimate of drug-likeness (QED) is 0.909. The molecule has 18 heavy (non-hydrogen) atoms. The average molecular weight is 332 g/mol. The van der Waals surface area contributed by atoms with Crippen molar-refractivity contribution in [3.8, 4) is 0 Å². The summed E-state index contributed by atoms with van der Waals surface area (Å²) in [5.74, 6) is 0.